The molecular weight excluding hydrogens is 224 g/mol. The van der Waals surface area contributed by atoms with Crippen LogP contribution in [0.5, 0.6) is 0 Å². The minimum absolute atomic E-state index is 0.246. The highest BCUT2D eigenvalue weighted by Crippen LogP contribution is 2.47. The molecule has 0 aromatic heterocycles. The summed E-state index contributed by atoms with van der Waals surface area (Å²) < 4.78 is 0.491. The Morgan fingerprint density at radius 1 is 0.882 bits per heavy atom. The van der Waals surface area contributed by atoms with Gasteiger partial charge in [0.15, 0.2) is 0 Å². The first-order valence-electron chi connectivity index (χ1n) is 6.31. The highest BCUT2D eigenvalue weighted by molar-refractivity contribution is 8.02. The van der Waals surface area contributed by atoms with Crippen LogP contribution in [0, 0.1) is 0 Å². The first-order chi connectivity index (χ1) is 7.91. The molecule has 2 rings (SSSR count). The van der Waals surface area contributed by atoms with Gasteiger partial charge in [0, 0.05) is 9.49 Å². The van der Waals surface area contributed by atoms with Crippen molar-refractivity contribution in [3.8, 4) is 0 Å². The Bertz CT molecular complexity index is 385. The van der Waals surface area contributed by atoms with Crippen LogP contribution in [0.4, 0.5) is 0 Å². The van der Waals surface area contributed by atoms with Crippen molar-refractivity contribution in [1.29, 1.82) is 0 Å². The predicted octanol–water partition coefficient (Wildman–Crippen LogP) is 5.05. The van der Waals surface area contributed by atoms with Gasteiger partial charge in [0.05, 0.1) is 0 Å². The Kier molecular flexibility index (Phi) is 3.40. The largest absolute Gasteiger partial charge is 0.140 e. The van der Waals surface area contributed by atoms with Gasteiger partial charge in [0.1, 0.15) is 0 Å². The van der Waals surface area contributed by atoms with Crippen molar-refractivity contribution in [2.45, 2.75) is 50.0 Å². The zero-order valence-corrected chi connectivity index (χ0v) is 12.1. The Morgan fingerprint density at radius 3 is 1.65 bits per heavy atom. The normalized spacial score (nSPS) is 36.7. The van der Waals surface area contributed by atoms with Crippen LogP contribution in [0.25, 0.3) is 0 Å². The summed E-state index contributed by atoms with van der Waals surface area (Å²) in [5, 5.41) is 0. The van der Waals surface area contributed by atoms with Gasteiger partial charge in [-0.25, -0.2) is 0 Å². The molecule has 2 atom stereocenters. The molecule has 0 spiro atoms. The second-order valence-electron chi connectivity index (χ2n) is 5.83. The van der Waals surface area contributed by atoms with Gasteiger partial charge in [-0.1, -0.05) is 47.6 Å². The van der Waals surface area contributed by atoms with Crippen LogP contribution in [0.1, 0.15) is 40.5 Å². The van der Waals surface area contributed by atoms with E-state index in [1.165, 1.54) is 24.0 Å². The summed E-state index contributed by atoms with van der Waals surface area (Å²) in [4.78, 5) is 0. The van der Waals surface area contributed by atoms with Gasteiger partial charge >= 0.3 is 0 Å². The second kappa shape index (κ2) is 4.53. The smallest absolute Gasteiger partial charge is 0.0359 e. The van der Waals surface area contributed by atoms with E-state index in [9.17, 15) is 0 Å². The van der Waals surface area contributed by atoms with Crippen LogP contribution in [0.15, 0.2) is 47.6 Å². The summed E-state index contributed by atoms with van der Waals surface area (Å²) in [6.07, 6.45) is 15.9. The van der Waals surface area contributed by atoms with Crippen LogP contribution in [0.2, 0.25) is 0 Å². The summed E-state index contributed by atoms with van der Waals surface area (Å²) in [6, 6.07) is 0. The molecule has 92 valence electrons. The van der Waals surface area contributed by atoms with E-state index in [1.807, 2.05) is 0 Å². The maximum atomic E-state index is 2.36. The van der Waals surface area contributed by atoms with E-state index in [2.05, 4.69) is 75.9 Å². The van der Waals surface area contributed by atoms with Gasteiger partial charge < -0.3 is 0 Å². The fourth-order valence-corrected chi connectivity index (χ4v) is 4.81. The lowest BCUT2D eigenvalue weighted by molar-refractivity contribution is 0.711. The van der Waals surface area contributed by atoms with Crippen LogP contribution in [0.3, 0.4) is 0 Å². The molecule has 0 amide bonds. The van der Waals surface area contributed by atoms with E-state index in [-0.39, 0.29) is 9.49 Å². The molecule has 0 aromatic carbocycles. The average Bonchev–Trinajstić information content (AvgIpc) is 2.14. The maximum absolute atomic E-state index is 2.36. The monoisotopic (exact) mass is 246 g/mol. The SMILES string of the molecule is CC1=CC=CC(C)(SC2(C)C=CC=C(C)C2)C1. The molecule has 0 radical (unpaired) electrons. The van der Waals surface area contributed by atoms with E-state index < -0.39 is 0 Å². The van der Waals surface area contributed by atoms with Crippen LogP contribution >= 0.6 is 11.8 Å². The van der Waals surface area contributed by atoms with Crippen molar-refractivity contribution in [1.82, 2.24) is 0 Å². The van der Waals surface area contributed by atoms with E-state index >= 15 is 0 Å². The van der Waals surface area contributed by atoms with Crippen LogP contribution < -0.4 is 0 Å². The first kappa shape index (κ1) is 12.8. The third-order valence-corrected chi connectivity index (χ3v) is 4.88. The summed E-state index contributed by atoms with van der Waals surface area (Å²) >= 11 is 2.10. The lowest BCUT2D eigenvalue weighted by Crippen LogP contribution is -2.30. The average molecular weight is 246 g/mol. The first-order valence-corrected chi connectivity index (χ1v) is 7.13. The van der Waals surface area contributed by atoms with Crippen molar-refractivity contribution < 1.29 is 0 Å². The summed E-state index contributed by atoms with van der Waals surface area (Å²) in [6.45, 7) is 9.17. The molecule has 0 heterocycles. The van der Waals surface area contributed by atoms with Gasteiger partial charge in [0.25, 0.3) is 0 Å². The van der Waals surface area contributed by atoms with Gasteiger partial charge in [-0.05, 0) is 40.5 Å². The predicted molar refractivity (Wildman–Crippen MR) is 79.4 cm³/mol. The summed E-state index contributed by atoms with van der Waals surface area (Å²) in [5.74, 6) is 0. The Morgan fingerprint density at radius 2 is 1.29 bits per heavy atom. The van der Waals surface area contributed by atoms with Crippen molar-refractivity contribution in [3.05, 3.63) is 47.6 Å². The van der Waals surface area contributed by atoms with Gasteiger partial charge in [0.2, 0.25) is 0 Å². The number of allylic oxidation sites excluding steroid dienone is 6. The molecule has 0 fully saturated rings. The van der Waals surface area contributed by atoms with Crippen molar-refractivity contribution >= 4 is 11.8 Å². The molecule has 2 unspecified atom stereocenters. The molecular formula is C16H22S. The van der Waals surface area contributed by atoms with E-state index in [0.717, 1.165) is 0 Å². The molecule has 0 N–H and O–H groups in total. The van der Waals surface area contributed by atoms with E-state index in [4.69, 9.17) is 0 Å². The van der Waals surface area contributed by atoms with Gasteiger partial charge in [-0.2, -0.15) is 0 Å². The fourth-order valence-electron chi connectivity index (χ4n) is 2.85. The van der Waals surface area contributed by atoms with E-state index in [0.29, 0.717) is 0 Å². The molecule has 17 heavy (non-hydrogen) atoms. The summed E-state index contributed by atoms with van der Waals surface area (Å²) in [7, 11) is 0. The van der Waals surface area contributed by atoms with Gasteiger partial charge in [-0.3, -0.25) is 0 Å². The molecule has 0 saturated heterocycles. The Labute approximate surface area is 110 Å². The molecule has 0 saturated carbocycles. The van der Waals surface area contributed by atoms with Crippen molar-refractivity contribution in [3.63, 3.8) is 0 Å². The maximum Gasteiger partial charge on any atom is 0.0359 e. The Balaban J connectivity index is 2.12. The lowest BCUT2D eigenvalue weighted by atomic mass is 9.95. The zero-order chi connectivity index (χ0) is 12.5. The van der Waals surface area contributed by atoms with Crippen molar-refractivity contribution in [2.75, 3.05) is 0 Å². The molecule has 2 aliphatic carbocycles. The van der Waals surface area contributed by atoms with E-state index in [1.54, 1.807) is 0 Å². The molecule has 1 heteroatoms. The van der Waals surface area contributed by atoms with Crippen molar-refractivity contribution in [2.24, 2.45) is 0 Å². The third-order valence-electron chi connectivity index (χ3n) is 3.39. The highest BCUT2D eigenvalue weighted by atomic mass is 32.2. The molecule has 2 aliphatic rings. The van der Waals surface area contributed by atoms with Crippen LogP contribution in [-0.2, 0) is 0 Å². The number of hydrogen-bond donors (Lipinski definition) is 0. The van der Waals surface area contributed by atoms with Gasteiger partial charge in [-0.15, -0.1) is 11.8 Å². The number of thioether (sulfide) groups is 1. The second-order valence-corrected chi connectivity index (χ2v) is 7.89. The molecule has 0 bridgehead atoms. The number of hydrogen-bond acceptors (Lipinski definition) is 1. The quantitative estimate of drug-likeness (QED) is 0.657. The molecule has 0 aliphatic heterocycles. The topological polar surface area (TPSA) is 0 Å². The Hall–Kier alpha value is -0.690. The van der Waals surface area contributed by atoms with Crippen LogP contribution in [-0.4, -0.2) is 9.49 Å². The fraction of sp³-hybridized carbons (Fsp3) is 0.500. The minimum Gasteiger partial charge on any atom is -0.140 e. The molecule has 0 nitrogen and oxygen atoms in total. The third kappa shape index (κ3) is 3.16. The number of rotatable bonds is 2. The summed E-state index contributed by atoms with van der Waals surface area (Å²) in [5.41, 5.74) is 2.97. The lowest BCUT2D eigenvalue weighted by Gasteiger charge is -2.38. The standard InChI is InChI=1S/C16H22S/c1-13-7-5-9-15(3,11-13)17-16(4)10-6-8-14(2)12-16/h5-10H,11-12H2,1-4H3. The molecule has 0 aromatic rings. The minimum atomic E-state index is 0.246. The zero-order valence-electron chi connectivity index (χ0n) is 11.3. The highest BCUT2D eigenvalue weighted by Gasteiger charge is 2.34.